The molecule has 1 aromatic heterocycles. The van der Waals surface area contributed by atoms with Crippen LogP contribution in [0.3, 0.4) is 0 Å². The first-order chi connectivity index (χ1) is 17.1. The SMILES string of the molecule is CCc1cc(CC(C=O)NC(=O)N2CCC(N3Cc4ccccc4NC3=O)CC2)cc2cn[nH]c12. The van der Waals surface area contributed by atoms with Crippen LogP contribution < -0.4 is 10.6 Å². The predicted octanol–water partition coefficient (Wildman–Crippen LogP) is 3.46. The van der Waals surface area contributed by atoms with E-state index < -0.39 is 6.04 Å². The van der Waals surface area contributed by atoms with E-state index in [1.165, 1.54) is 0 Å². The summed E-state index contributed by atoms with van der Waals surface area (Å²) < 4.78 is 0. The quantitative estimate of drug-likeness (QED) is 0.475. The number of nitrogens with one attached hydrogen (secondary N) is 3. The molecule has 1 fully saturated rings. The highest BCUT2D eigenvalue weighted by Crippen LogP contribution is 2.27. The van der Waals surface area contributed by atoms with Crippen molar-refractivity contribution in [2.24, 2.45) is 0 Å². The van der Waals surface area contributed by atoms with Gasteiger partial charge >= 0.3 is 12.1 Å². The number of carbonyl (C=O) groups excluding carboxylic acids is 3. The molecule has 1 atom stereocenters. The van der Waals surface area contributed by atoms with Crippen LogP contribution in [0, 0.1) is 0 Å². The largest absolute Gasteiger partial charge is 0.328 e. The molecule has 0 aliphatic carbocycles. The molecule has 0 bridgehead atoms. The number of nitrogens with zero attached hydrogens (tertiary/aromatic N) is 3. The van der Waals surface area contributed by atoms with Crippen LogP contribution in [0.25, 0.3) is 10.9 Å². The molecule has 182 valence electrons. The Morgan fingerprint density at radius 3 is 2.83 bits per heavy atom. The number of aromatic nitrogens is 2. The molecule has 0 saturated carbocycles. The number of aryl methyl sites for hydroxylation is 1. The molecule has 2 aromatic carbocycles. The highest BCUT2D eigenvalue weighted by atomic mass is 16.2. The molecule has 1 unspecified atom stereocenters. The number of carbonyl (C=O) groups is 3. The van der Waals surface area contributed by atoms with Gasteiger partial charge in [-0.1, -0.05) is 31.2 Å². The third kappa shape index (κ3) is 4.71. The number of urea groups is 2. The molecule has 1 saturated heterocycles. The number of benzene rings is 2. The predicted molar refractivity (Wildman–Crippen MR) is 133 cm³/mol. The number of para-hydroxylation sites is 1. The first-order valence-corrected chi connectivity index (χ1v) is 12.2. The number of anilines is 1. The lowest BCUT2D eigenvalue weighted by atomic mass is 10.00. The standard InChI is InChI=1S/C26H30N6O3/c1-2-18-11-17(12-20-14-27-30-24(18)20)13-21(16-33)28-25(34)31-9-7-22(8-10-31)32-15-19-5-3-4-6-23(19)29-26(32)35/h3-6,11-12,14,16,21-22H,2,7-10,13,15H2,1H3,(H,27,30)(H,28,34)(H,29,35). The van der Waals surface area contributed by atoms with Crippen LogP contribution >= 0.6 is 0 Å². The van der Waals surface area contributed by atoms with Crippen molar-refractivity contribution < 1.29 is 14.4 Å². The van der Waals surface area contributed by atoms with E-state index in [0.717, 1.165) is 46.0 Å². The van der Waals surface area contributed by atoms with E-state index in [2.05, 4.69) is 33.8 Å². The topological polar surface area (TPSA) is 110 Å². The van der Waals surface area contributed by atoms with Crippen molar-refractivity contribution in [3.63, 3.8) is 0 Å². The summed E-state index contributed by atoms with van der Waals surface area (Å²) in [5.41, 5.74) is 5.10. The fraction of sp³-hybridized carbons (Fsp3) is 0.385. The molecule has 35 heavy (non-hydrogen) atoms. The van der Waals surface area contributed by atoms with Crippen LogP contribution in [0.5, 0.6) is 0 Å². The van der Waals surface area contributed by atoms with E-state index in [1.807, 2.05) is 35.2 Å². The average Bonchev–Trinajstić information content (AvgIpc) is 3.36. The van der Waals surface area contributed by atoms with Gasteiger partial charge in [-0.3, -0.25) is 5.10 Å². The zero-order chi connectivity index (χ0) is 24.4. The molecule has 4 amide bonds. The minimum absolute atomic E-state index is 0.0726. The number of aromatic amines is 1. The van der Waals surface area contributed by atoms with Crippen molar-refractivity contribution in [2.75, 3.05) is 18.4 Å². The van der Waals surface area contributed by atoms with E-state index in [1.54, 1.807) is 11.1 Å². The van der Waals surface area contributed by atoms with E-state index in [9.17, 15) is 14.4 Å². The van der Waals surface area contributed by atoms with Crippen molar-refractivity contribution in [1.82, 2.24) is 25.3 Å². The van der Waals surface area contributed by atoms with E-state index in [0.29, 0.717) is 38.9 Å². The number of likely N-dealkylation sites (tertiary alicyclic amines) is 1. The molecule has 3 aromatic rings. The summed E-state index contributed by atoms with van der Waals surface area (Å²) in [6.07, 6.45) is 5.24. The van der Waals surface area contributed by atoms with Crippen LogP contribution in [0.4, 0.5) is 15.3 Å². The molecule has 0 radical (unpaired) electrons. The smallest absolute Gasteiger partial charge is 0.322 e. The Hall–Kier alpha value is -3.88. The lowest BCUT2D eigenvalue weighted by Gasteiger charge is -2.40. The number of fused-ring (bicyclic) bond motifs is 2. The van der Waals surface area contributed by atoms with Crippen LogP contribution in [0.1, 0.15) is 36.5 Å². The van der Waals surface area contributed by atoms with Gasteiger partial charge in [-0.25, -0.2) is 9.59 Å². The molecular formula is C26H30N6O3. The molecule has 3 N–H and O–H groups in total. The van der Waals surface area contributed by atoms with Crippen LogP contribution in [0.15, 0.2) is 42.6 Å². The zero-order valence-corrected chi connectivity index (χ0v) is 19.8. The van der Waals surface area contributed by atoms with E-state index in [-0.39, 0.29) is 18.1 Å². The van der Waals surface area contributed by atoms with Gasteiger partial charge in [0, 0.05) is 36.7 Å². The van der Waals surface area contributed by atoms with Gasteiger partial charge in [0.25, 0.3) is 0 Å². The third-order valence-electron chi connectivity index (χ3n) is 7.05. The van der Waals surface area contributed by atoms with Crippen LogP contribution in [0.2, 0.25) is 0 Å². The van der Waals surface area contributed by atoms with Gasteiger partial charge in [0.1, 0.15) is 6.29 Å². The van der Waals surface area contributed by atoms with Gasteiger partial charge in [-0.05, 0) is 54.5 Å². The summed E-state index contributed by atoms with van der Waals surface area (Å²) in [7, 11) is 0. The van der Waals surface area contributed by atoms with Crippen molar-refractivity contribution in [2.45, 2.75) is 51.2 Å². The summed E-state index contributed by atoms with van der Waals surface area (Å²) in [5, 5.41) is 14.0. The number of hydrogen-bond donors (Lipinski definition) is 3. The lowest BCUT2D eigenvalue weighted by molar-refractivity contribution is -0.109. The van der Waals surface area contributed by atoms with Gasteiger partial charge < -0.3 is 25.2 Å². The molecule has 2 aliphatic heterocycles. The van der Waals surface area contributed by atoms with Crippen molar-refractivity contribution in [3.8, 4) is 0 Å². The number of rotatable bonds is 6. The lowest BCUT2D eigenvalue weighted by Crippen LogP contribution is -2.54. The van der Waals surface area contributed by atoms with Crippen molar-refractivity contribution >= 4 is 34.9 Å². The maximum atomic E-state index is 12.9. The second-order valence-electron chi connectivity index (χ2n) is 9.27. The zero-order valence-electron chi connectivity index (χ0n) is 19.8. The molecule has 2 aliphatic rings. The maximum Gasteiger partial charge on any atom is 0.322 e. The number of H-pyrrole nitrogens is 1. The Labute approximate surface area is 203 Å². The molecule has 3 heterocycles. The first-order valence-electron chi connectivity index (χ1n) is 12.2. The van der Waals surface area contributed by atoms with Gasteiger partial charge in [-0.15, -0.1) is 0 Å². The number of aldehydes is 1. The van der Waals surface area contributed by atoms with Gasteiger partial charge in [0.2, 0.25) is 0 Å². The number of amides is 4. The van der Waals surface area contributed by atoms with E-state index in [4.69, 9.17) is 0 Å². The number of piperidine rings is 1. The number of hydrogen-bond acceptors (Lipinski definition) is 4. The summed E-state index contributed by atoms with van der Waals surface area (Å²) in [4.78, 5) is 40.9. The van der Waals surface area contributed by atoms with Gasteiger partial charge in [0.15, 0.2) is 0 Å². The average molecular weight is 475 g/mol. The second-order valence-corrected chi connectivity index (χ2v) is 9.27. The Morgan fingerprint density at radius 1 is 1.26 bits per heavy atom. The Balaban J connectivity index is 1.17. The van der Waals surface area contributed by atoms with Gasteiger partial charge in [-0.2, -0.15) is 5.10 Å². The fourth-order valence-corrected chi connectivity index (χ4v) is 5.13. The second kappa shape index (κ2) is 9.77. The summed E-state index contributed by atoms with van der Waals surface area (Å²) in [6, 6.07) is 11.0. The monoisotopic (exact) mass is 474 g/mol. The minimum atomic E-state index is -0.612. The Morgan fingerprint density at radius 2 is 2.06 bits per heavy atom. The molecule has 5 rings (SSSR count). The van der Waals surface area contributed by atoms with Gasteiger partial charge in [0.05, 0.1) is 17.8 Å². The normalized spacial score (nSPS) is 17.1. The molecular weight excluding hydrogens is 444 g/mol. The highest BCUT2D eigenvalue weighted by Gasteiger charge is 2.33. The van der Waals surface area contributed by atoms with Crippen LogP contribution in [-0.2, 0) is 24.2 Å². The Kier molecular flexibility index (Phi) is 6.39. The van der Waals surface area contributed by atoms with Crippen molar-refractivity contribution in [1.29, 1.82) is 0 Å². The summed E-state index contributed by atoms with van der Waals surface area (Å²) in [5.74, 6) is 0. The highest BCUT2D eigenvalue weighted by molar-refractivity contribution is 5.92. The molecule has 9 heteroatoms. The summed E-state index contributed by atoms with van der Waals surface area (Å²) in [6.45, 7) is 3.73. The third-order valence-corrected chi connectivity index (χ3v) is 7.05. The molecule has 0 spiro atoms. The van der Waals surface area contributed by atoms with E-state index >= 15 is 0 Å². The first kappa shape index (κ1) is 22.9. The van der Waals surface area contributed by atoms with Crippen molar-refractivity contribution in [3.05, 3.63) is 59.3 Å². The van der Waals surface area contributed by atoms with Crippen LogP contribution in [-0.4, -0.2) is 63.5 Å². The maximum absolute atomic E-state index is 12.9. The molecule has 9 nitrogen and oxygen atoms in total. The minimum Gasteiger partial charge on any atom is -0.328 e. The Bertz CT molecular complexity index is 1250. The fourth-order valence-electron chi connectivity index (χ4n) is 5.13. The summed E-state index contributed by atoms with van der Waals surface area (Å²) >= 11 is 0.